The monoisotopic (exact) mass is 358 g/mol. The van der Waals surface area contributed by atoms with Gasteiger partial charge < -0.3 is 9.64 Å². The van der Waals surface area contributed by atoms with Gasteiger partial charge in [0.25, 0.3) is 5.91 Å². The second kappa shape index (κ2) is 6.52. The van der Waals surface area contributed by atoms with E-state index in [0.717, 1.165) is 25.1 Å². The summed E-state index contributed by atoms with van der Waals surface area (Å²) in [5, 5.41) is 8.50. The van der Waals surface area contributed by atoms with E-state index in [1.807, 2.05) is 18.5 Å². The van der Waals surface area contributed by atoms with Crippen molar-refractivity contribution in [2.75, 3.05) is 13.1 Å². The number of likely N-dealkylation sites (tertiary alicyclic amines) is 1. The molecule has 4 rings (SSSR count). The summed E-state index contributed by atoms with van der Waals surface area (Å²) in [6.07, 6.45) is 8.06. The molecule has 1 amide bonds. The number of aromatic nitrogens is 3. The lowest BCUT2D eigenvalue weighted by Gasteiger charge is -2.35. The van der Waals surface area contributed by atoms with Crippen molar-refractivity contribution in [2.45, 2.75) is 64.0 Å². The number of hydrogen-bond donors (Lipinski definition) is 0. The minimum atomic E-state index is -0.610. The molecule has 0 aromatic carbocycles. The van der Waals surface area contributed by atoms with Crippen molar-refractivity contribution in [3.8, 4) is 0 Å². The maximum atomic E-state index is 12.7. The molecule has 1 aromatic heterocycles. The smallest absolute Gasteiger partial charge is 0.289 e. The summed E-state index contributed by atoms with van der Waals surface area (Å²) in [7, 11) is 0. The van der Waals surface area contributed by atoms with Gasteiger partial charge in [0.15, 0.2) is 11.5 Å². The van der Waals surface area contributed by atoms with Crippen molar-refractivity contribution >= 4 is 11.7 Å². The van der Waals surface area contributed by atoms with Crippen LogP contribution in [0.2, 0.25) is 0 Å². The third-order valence-electron chi connectivity index (χ3n) is 5.39. The van der Waals surface area contributed by atoms with Gasteiger partial charge in [0.1, 0.15) is 5.60 Å². The van der Waals surface area contributed by atoms with Gasteiger partial charge in [0.05, 0.1) is 5.69 Å². The Balaban J connectivity index is 1.31. The lowest BCUT2D eigenvalue weighted by molar-refractivity contribution is -0.139. The van der Waals surface area contributed by atoms with Crippen LogP contribution in [0.4, 0.5) is 0 Å². The molecule has 1 aliphatic carbocycles. The molecular weight excluding hydrogens is 332 g/mol. The number of carbonyl (C=O) groups excluding carboxylic acids is 2. The van der Waals surface area contributed by atoms with Gasteiger partial charge in [0.2, 0.25) is 0 Å². The molecule has 0 bridgehead atoms. The first-order valence-electron chi connectivity index (χ1n) is 9.52. The Hall–Kier alpha value is -2.18. The minimum absolute atomic E-state index is 0.0443. The fraction of sp³-hybridized carbons (Fsp3) is 0.684. The maximum absolute atomic E-state index is 12.7. The molecule has 0 radical (unpaired) electrons. The summed E-state index contributed by atoms with van der Waals surface area (Å²) in [6.45, 7) is 5.90. The molecule has 7 heteroatoms. The van der Waals surface area contributed by atoms with Crippen LogP contribution in [0.3, 0.4) is 0 Å². The molecule has 0 unspecified atom stereocenters. The summed E-state index contributed by atoms with van der Waals surface area (Å²) >= 11 is 0. The quantitative estimate of drug-likeness (QED) is 0.823. The van der Waals surface area contributed by atoms with Crippen molar-refractivity contribution in [3.05, 3.63) is 23.7 Å². The van der Waals surface area contributed by atoms with E-state index in [4.69, 9.17) is 4.74 Å². The standard InChI is InChI=1S/C19H26N4O3/c1-19(2)10-15(24)9-17(26-19)18(25)22-7-5-13(6-8-22)11-23-12-16(20-21-23)14-3-4-14/h9,12-14H,3-8,10-11H2,1-2H3. The molecule has 26 heavy (non-hydrogen) atoms. The van der Waals surface area contributed by atoms with Crippen LogP contribution < -0.4 is 0 Å². The molecule has 0 N–H and O–H groups in total. The van der Waals surface area contributed by atoms with Crippen molar-refractivity contribution in [2.24, 2.45) is 5.92 Å². The summed E-state index contributed by atoms with van der Waals surface area (Å²) in [5.41, 5.74) is 0.507. The molecule has 2 fully saturated rings. The highest BCUT2D eigenvalue weighted by Crippen LogP contribution is 2.38. The van der Waals surface area contributed by atoms with E-state index in [0.29, 0.717) is 31.3 Å². The Labute approximate surface area is 153 Å². The van der Waals surface area contributed by atoms with E-state index in [-0.39, 0.29) is 17.4 Å². The number of ketones is 1. The molecule has 0 spiro atoms. The highest BCUT2D eigenvalue weighted by molar-refractivity contribution is 6.01. The lowest BCUT2D eigenvalue weighted by Crippen LogP contribution is -2.43. The second-order valence-electron chi connectivity index (χ2n) is 8.39. The third-order valence-corrected chi connectivity index (χ3v) is 5.39. The Morgan fingerprint density at radius 2 is 2.00 bits per heavy atom. The van der Waals surface area contributed by atoms with Gasteiger partial charge in [0, 0.05) is 44.2 Å². The number of rotatable bonds is 4. The number of amides is 1. The first kappa shape index (κ1) is 17.2. The first-order valence-corrected chi connectivity index (χ1v) is 9.52. The van der Waals surface area contributed by atoms with Crippen LogP contribution in [-0.4, -0.2) is 50.3 Å². The predicted octanol–water partition coefficient (Wildman–Crippen LogP) is 2.05. The Kier molecular flexibility index (Phi) is 4.32. The SMILES string of the molecule is CC1(C)CC(=O)C=C(C(=O)N2CCC(Cn3cc(C4CC4)nn3)CC2)O1. The number of ether oxygens (including phenoxy) is 1. The molecule has 140 valence electrons. The summed E-state index contributed by atoms with van der Waals surface area (Å²) < 4.78 is 7.69. The van der Waals surface area contributed by atoms with Crippen LogP contribution in [0.1, 0.15) is 57.6 Å². The van der Waals surface area contributed by atoms with Gasteiger partial charge in [-0.15, -0.1) is 5.10 Å². The topological polar surface area (TPSA) is 77.3 Å². The van der Waals surface area contributed by atoms with Crippen molar-refractivity contribution in [1.82, 2.24) is 19.9 Å². The predicted molar refractivity (Wildman–Crippen MR) is 94.2 cm³/mol. The van der Waals surface area contributed by atoms with Crippen LogP contribution in [0.15, 0.2) is 18.0 Å². The summed E-state index contributed by atoms with van der Waals surface area (Å²) in [4.78, 5) is 26.3. The van der Waals surface area contributed by atoms with E-state index in [1.165, 1.54) is 18.9 Å². The molecule has 3 aliphatic rings. The Morgan fingerprint density at radius 1 is 1.27 bits per heavy atom. The number of carbonyl (C=O) groups is 2. The highest BCUT2D eigenvalue weighted by Gasteiger charge is 2.35. The van der Waals surface area contributed by atoms with Gasteiger partial charge in [-0.05, 0) is 45.4 Å². The highest BCUT2D eigenvalue weighted by atomic mass is 16.5. The van der Waals surface area contributed by atoms with E-state index in [2.05, 4.69) is 16.5 Å². The lowest BCUT2D eigenvalue weighted by atomic mass is 9.95. The Morgan fingerprint density at radius 3 is 2.65 bits per heavy atom. The van der Waals surface area contributed by atoms with Crippen LogP contribution in [0, 0.1) is 5.92 Å². The third kappa shape index (κ3) is 3.81. The van der Waals surface area contributed by atoms with Gasteiger partial charge in [-0.25, -0.2) is 0 Å². The molecule has 1 saturated carbocycles. The molecule has 1 saturated heterocycles. The summed E-state index contributed by atoms with van der Waals surface area (Å²) in [6, 6.07) is 0. The number of hydrogen-bond acceptors (Lipinski definition) is 5. The maximum Gasteiger partial charge on any atom is 0.289 e. The Bertz CT molecular complexity index is 740. The van der Waals surface area contributed by atoms with E-state index >= 15 is 0 Å². The van der Waals surface area contributed by atoms with E-state index in [9.17, 15) is 9.59 Å². The number of allylic oxidation sites excluding steroid dienone is 1. The first-order chi connectivity index (χ1) is 12.4. The molecule has 1 aromatic rings. The van der Waals surface area contributed by atoms with Crippen LogP contribution in [-0.2, 0) is 20.9 Å². The normalized spacial score (nSPS) is 23.5. The fourth-order valence-electron chi connectivity index (χ4n) is 3.79. The number of nitrogens with zero attached hydrogens (tertiary/aromatic N) is 4. The van der Waals surface area contributed by atoms with Crippen LogP contribution in [0.5, 0.6) is 0 Å². The molecule has 7 nitrogen and oxygen atoms in total. The fourth-order valence-corrected chi connectivity index (χ4v) is 3.79. The summed E-state index contributed by atoms with van der Waals surface area (Å²) in [5.74, 6) is 1.10. The molecule has 0 atom stereocenters. The van der Waals surface area contributed by atoms with Crippen LogP contribution in [0.25, 0.3) is 0 Å². The van der Waals surface area contributed by atoms with Gasteiger partial charge >= 0.3 is 0 Å². The van der Waals surface area contributed by atoms with E-state index < -0.39 is 5.60 Å². The minimum Gasteiger partial charge on any atom is -0.481 e. The van der Waals surface area contributed by atoms with Crippen molar-refractivity contribution < 1.29 is 14.3 Å². The van der Waals surface area contributed by atoms with E-state index in [1.54, 1.807) is 4.90 Å². The molecule has 3 heterocycles. The second-order valence-corrected chi connectivity index (χ2v) is 8.39. The average molecular weight is 358 g/mol. The number of piperidine rings is 1. The van der Waals surface area contributed by atoms with Gasteiger partial charge in [-0.3, -0.25) is 14.3 Å². The molecule has 2 aliphatic heterocycles. The zero-order chi connectivity index (χ0) is 18.3. The van der Waals surface area contributed by atoms with Crippen molar-refractivity contribution in [1.29, 1.82) is 0 Å². The largest absolute Gasteiger partial charge is 0.481 e. The van der Waals surface area contributed by atoms with Gasteiger partial charge in [-0.2, -0.15) is 0 Å². The average Bonchev–Trinajstić information content (AvgIpc) is 3.33. The van der Waals surface area contributed by atoms with Crippen LogP contribution >= 0.6 is 0 Å². The zero-order valence-electron chi connectivity index (χ0n) is 15.5. The zero-order valence-corrected chi connectivity index (χ0v) is 15.5. The molecular formula is C19H26N4O3. The van der Waals surface area contributed by atoms with Gasteiger partial charge in [-0.1, -0.05) is 5.21 Å². The van der Waals surface area contributed by atoms with Crippen molar-refractivity contribution in [3.63, 3.8) is 0 Å².